The molecule has 112 valence electrons. The molecule has 0 fully saturated rings. The highest BCUT2D eigenvalue weighted by molar-refractivity contribution is 6.35. The Labute approximate surface area is 139 Å². The molecule has 5 heteroatoms. The number of para-hydroxylation sites is 1. The molecular weight excluding hydrogens is 321 g/mol. The predicted molar refractivity (Wildman–Crippen MR) is 88.4 cm³/mol. The van der Waals surface area contributed by atoms with Gasteiger partial charge in [-0.2, -0.15) is 0 Å². The van der Waals surface area contributed by atoms with Crippen molar-refractivity contribution in [2.24, 2.45) is 0 Å². The van der Waals surface area contributed by atoms with Gasteiger partial charge in [0.1, 0.15) is 5.75 Å². The first-order valence-corrected chi connectivity index (χ1v) is 7.30. The van der Waals surface area contributed by atoms with Gasteiger partial charge in [0.2, 0.25) is 0 Å². The van der Waals surface area contributed by atoms with Crippen molar-refractivity contribution in [3.8, 4) is 17.6 Å². The third-order valence-corrected chi connectivity index (χ3v) is 3.19. The number of benzene rings is 2. The van der Waals surface area contributed by atoms with Crippen LogP contribution in [0.15, 0.2) is 48.5 Å². The number of amides is 1. The zero-order valence-corrected chi connectivity index (χ0v) is 13.3. The molecule has 1 N–H and O–H groups in total. The molecule has 2 aromatic rings. The molecule has 3 nitrogen and oxygen atoms in total. The van der Waals surface area contributed by atoms with Gasteiger partial charge in [-0.05, 0) is 37.3 Å². The molecule has 22 heavy (non-hydrogen) atoms. The summed E-state index contributed by atoms with van der Waals surface area (Å²) in [6, 6.07) is 13.5. The van der Waals surface area contributed by atoms with Gasteiger partial charge in [0.15, 0.2) is 0 Å². The second-order valence-electron chi connectivity index (χ2n) is 4.46. The van der Waals surface area contributed by atoms with Gasteiger partial charge in [-0.15, -0.1) is 0 Å². The van der Waals surface area contributed by atoms with Gasteiger partial charge in [-0.1, -0.05) is 53.2 Å². The van der Waals surface area contributed by atoms with E-state index >= 15 is 0 Å². The number of halogens is 2. The van der Waals surface area contributed by atoms with Crippen LogP contribution >= 0.6 is 23.2 Å². The topological polar surface area (TPSA) is 38.3 Å². The standard InChI is InChI=1S/C17H13Cl2NO2/c1-12(7-8-13-9-10-14(18)11-16(13)19)20-17(21)22-15-5-3-2-4-6-15/h2-6,9-12H,1H3,(H,20,21). The smallest absolute Gasteiger partial charge is 0.410 e. The second kappa shape index (κ2) is 7.74. The lowest BCUT2D eigenvalue weighted by Gasteiger charge is -2.08. The summed E-state index contributed by atoms with van der Waals surface area (Å²) in [5.41, 5.74) is 0.649. The van der Waals surface area contributed by atoms with Crippen LogP contribution in [0.4, 0.5) is 4.79 Å². The Morgan fingerprint density at radius 2 is 1.91 bits per heavy atom. The van der Waals surface area contributed by atoms with Crippen molar-refractivity contribution in [2.75, 3.05) is 0 Å². The highest BCUT2D eigenvalue weighted by atomic mass is 35.5. The molecule has 0 aliphatic carbocycles. The molecule has 0 spiro atoms. The van der Waals surface area contributed by atoms with Gasteiger partial charge < -0.3 is 10.1 Å². The maximum atomic E-state index is 11.7. The van der Waals surface area contributed by atoms with E-state index in [4.69, 9.17) is 27.9 Å². The third-order valence-electron chi connectivity index (χ3n) is 2.64. The number of ether oxygens (including phenoxy) is 1. The number of nitrogens with one attached hydrogen (secondary N) is 1. The number of carbonyl (C=O) groups excluding carboxylic acids is 1. The molecule has 0 aliphatic heterocycles. The molecule has 1 unspecified atom stereocenters. The van der Waals surface area contributed by atoms with Gasteiger partial charge in [0, 0.05) is 10.6 Å². The minimum Gasteiger partial charge on any atom is -0.410 e. The van der Waals surface area contributed by atoms with Crippen LogP contribution in [0.2, 0.25) is 10.0 Å². The molecule has 0 saturated heterocycles. The summed E-state index contributed by atoms with van der Waals surface area (Å²) in [7, 11) is 0. The zero-order chi connectivity index (χ0) is 15.9. The second-order valence-corrected chi connectivity index (χ2v) is 5.31. The van der Waals surface area contributed by atoms with Crippen molar-refractivity contribution in [3.05, 3.63) is 64.1 Å². The van der Waals surface area contributed by atoms with Gasteiger partial charge in [-0.25, -0.2) is 4.79 Å². The van der Waals surface area contributed by atoms with Crippen LogP contribution in [0.25, 0.3) is 0 Å². The van der Waals surface area contributed by atoms with E-state index in [1.807, 2.05) is 6.07 Å². The Bertz CT molecular complexity index is 720. The lowest BCUT2D eigenvalue weighted by atomic mass is 10.2. The SMILES string of the molecule is CC(C#Cc1ccc(Cl)cc1Cl)NC(=O)Oc1ccccc1. The molecule has 2 rings (SSSR count). The van der Waals surface area contributed by atoms with Crippen LogP contribution in [-0.2, 0) is 0 Å². The van der Waals surface area contributed by atoms with Crippen LogP contribution < -0.4 is 10.1 Å². The minimum atomic E-state index is -0.560. The first kappa shape index (κ1) is 16.2. The fourth-order valence-corrected chi connectivity index (χ4v) is 2.07. The fourth-order valence-electron chi connectivity index (χ4n) is 1.61. The van der Waals surface area contributed by atoms with E-state index in [-0.39, 0.29) is 6.04 Å². The number of rotatable bonds is 2. The molecule has 0 aromatic heterocycles. The number of hydrogen-bond acceptors (Lipinski definition) is 2. The fraction of sp³-hybridized carbons (Fsp3) is 0.118. The van der Waals surface area contributed by atoms with E-state index in [0.717, 1.165) is 0 Å². The summed E-state index contributed by atoms with van der Waals surface area (Å²) in [6.45, 7) is 1.75. The predicted octanol–water partition coefficient (Wildman–Crippen LogP) is 4.52. The van der Waals surface area contributed by atoms with Crippen molar-refractivity contribution >= 4 is 29.3 Å². The van der Waals surface area contributed by atoms with Crippen molar-refractivity contribution in [1.82, 2.24) is 5.32 Å². The monoisotopic (exact) mass is 333 g/mol. The highest BCUT2D eigenvalue weighted by Crippen LogP contribution is 2.19. The molecule has 0 radical (unpaired) electrons. The molecule has 0 aliphatic rings. The van der Waals surface area contributed by atoms with Gasteiger partial charge >= 0.3 is 6.09 Å². The summed E-state index contributed by atoms with van der Waals surface area (Å²) in [4.78, 5) is 11.7. The first-order valence-electron chi connectivity index (χ1n) is 6.54. The zero-order valence-electron chi connectivity index (χ0n) is 11.8. The van der Waals surface area contributed by atoms with E-state index < -0.39 is 6.09 Å². The third kappa shape index (κ3) is 5.00. The average molecular weight is 334 g/mol. The van der Waals surface area contributed by atoms with Crippen LogP contribution in [0.5, 0.6) is 5.75 Å². The van der Waals surface area contributed by atoms with Crippen LogP contribution in [0, 0.1) is 11.8 Å². The van der Waals surface area contributed by atoms with Gasteiger partial charge in [0.05, 0.1) is 11.1 Å². The Morgan fingerprint density at radius 3 is 2.59 bits per heavy atom. The minimum absolute atomic E-state index is 0.386. The molecule has 0 bridgehead atoms. The Kier molecular flexibility index (Phi) is 5.71. The summed E-state index contributed by atoms with van der Waals surface area (Å²) < 4.78 is 5.12. The molecule has 0 heterocycles. The van der Waals surface area contributed by atoms with Crippen molar-refractivity contribution in [2.45, 2.75) is 13.0 Å². The van der Waals surface area contributed by atoms with E-state index in [9.17, 15) is 4.79 Å². The summed E-state index contributed by atoms with van der Waals surface area (Å²) in [5.74, 6) is 6.26. The number of hydrogen-bond donors (Lipinski definition) is 1. The summed E-state index contributed by atoms with van der Waals surface area (Å²) >= 11 is 11.8. The first-order chi connectivity index (χ1) is 10.5. The Balaban J connectivity index is 1.94. The van der Waals surface area contributed by atoms with Crippen LogP contribution in [-0.4, -0.2) is 12.1 Å². The average Bonchev–Trinajstić information content (AvgIpc) is 2.47. The maximum absolute atomic E-state index is 11.7. The summed E-state index contributed by atoms with van der Waals surface area (Å²) in [5, 5.41) is 3.65. The molecule has 0 saturated carbocycles. The largest absolute Gasteiger partial charge is 0.413 e. The highest BCUT2D eigenvalue weighted by Gasteiger charge is 2.07. The lowest BCUT2D eigenvalue weighted by molar-refractivity contribution is 0.199. The van der Waals surface area contributed by atoms with Crippen molar-refractivity contribution in [1.29, 1.82) is 0 Å². The normalized spacial score (nSPS) is 11.0. The maximum Gasteiger partial charge on any atom is 0.413 e. The van der Waals surface area contributed by atoms with Crippen LogP contribution in [0.3, 0.4) is 0 Å². The Hall–Kier alpha value is -2.15. The van der Waals surface area contributed by atoms with Gasteiger partial charge in [-0.3, -0.25) is 0 Å². The molecule has 1 atom stereocenters. The Morgan fingerprint density at radius 1 is 1.18 bits per heavy atom. The number of carbonyl (C=O) groups is 1. The molecule has 1 amide bonds. The van der Waals surface area contributed by atoms with E-state index in [1.165, 1.54) is 0 Å². The van der Waals surface area contributed by atoms with Crippen molar-refractivity contribution < 1.29 is 9.53 Å². The molecule has 2 aromatic carbocycles. The van der Waals surface area contributed by atoms with Crippen LogP contribution in [0.1, 0.15) is 12.5 Å². The lowest BCUT2D eigenvalue weighted by Crippen LogP contribution is -2.33. The molecular formula is C17H13Cl2NO2. The van der Waals surface area contributed by atoms with E-state index in [2.05, 4.69) is 17.2 Å². The van der Waals surface area contributed by atoms with Crippen molar-refractivity contribution in [3.63, 3.8) is 0 Å². The van der Waals surface area contributed by atoms with E-state index in [0.29, 0.717) is 21.4 Å². The quantitative estimate of drug-likeness (QED) is 0.820. The van der Waals surface area contributed by atoms with Gasteiger partial charge in [0.25, 0.3) is 0 Å². The summed E-state index contributed by atoms with van der Waals surface area (Å²) in [6.07, 6.45) is -0.560. The van der Waals surface area contributed by atoms with E-state index in [1.54, 1.807) is 49.4 Å².